The summed E-state index contributed by atoms with van der Waals surface area (Å²) in [6.07, 6.45) is 6.59. The minimum Gasteiger partial charge on any atom is -0.469 e. The van der Waals surface area contributed by atoms with E-state index in [0.717, 1.165) is 49.9 Å². The van der Waals surface area contributed by atoms with Crippen LogP contribution in [0.2, 0.25) is 0 Å². The first-order valence-electron chi connectivity index (χ1n) is 16.3. The maximum absolute atomic E-state index is 13.4. The van der Waals surface area contributed by atoms with Gasteiger partial charge in [-0.25, -0.2) is 4.99 Å². The Kier molecular flexibility index (Phi) is 10.7. The molecule has 2 aromatic rings. The minimum atomic E-state index is -0.561. The van der Waals surface area contributed by atoms with E-state index in [4.69, 9.17) is 18.9 Å². The summed E-state index contributed by atoms with van der Waals surface area (Å²) in [5, 5.41) is 4.50. The Bertz CT molecular complexity index is 1970. The van der Waals surface area contributed by atoms with Gasteiger partial charge in [-0.2, -0.15) is 0 Å². The van der Waals surface area contributed by atoms with E-state index >= 15 is 0 Å². The fourth-order valence-electron chi connectivity index (χ4n) is 6.89. The van der Waals surface area contributed by atoms with E-state index in [0.29, 0.717) is 53.8 Å². The Balaban J connectivity index is 1.79. The smallest absolute Gasteiger partial charge is 0.305 e. The van der Waals surface area contributed by atoms with E-state index in [1.165, 1.54) is 14.2 Å². The number of esters is 2. The molecule has 2 aromatic heterocycles. The molecule has 0 aliphatic carbocycles. The average Bonchev–Trinajstić information content (AvgIpc) is 3.73. The van der Waals surface area contributed by atoms with Crippen molar-refractivity contribution < 1.29 is 38.1 Å². The highest BCUT2D eigenvalue weighted by Crippen LogP contribution is 2.32. The lowest BCUT2D eigenvalue weighted by Gasteiger charge is -2.21. The monoisotopic (exact) mass is 672 g/mol. The third-order valence-electron chi connectivity index (χ3n) is 9.82. The number of fused-ring (bicyclic) bond motifs is 6. The van der Waals surface area contributed by atoms with Gasteiger partial charge in [0.05, 0.1) is 43.3 Å². The van der Waals surface area contributed by atoms with Gasteiger partial charge in [0.2, 0.25) is 0 Å². The quantitative estimate of drug-likeness (QED) is 0.361. The van der Waals surface area contributed by atoms with Crippen LogP contribution in [0.3, 0.4) is 0 Å². The van der Waals surface area contributed by atoms with Crippen molar-refractivity contribution in [1.82, 2.24) is 15.3 Å². The fraction of sp³-hybridized carbons (Fsp3) is 0.432. The van der Waals surface area contributed by atoms with Gasteiger partial charge < -0.3 is 34.2 Å². The van der Waals surface area contributed by atoms with E-state index < -0.39 is 12.2 Å². The number of allylic oxidation sites excluding steroid dienone is 2. The Hall–Kier alpha value is -4.81. The number of carbonyl (C=O) groups excluding carboxylic acids is 4. The molecular formula is C37H44N4O8. The van der Waals surface area contributed by atoms with Crippen LogP contribution in [-0.4, -0.2) is 80.1 Å². The SMILES string of the molecule is COC(=O)CCc1c2[nH]c(c1C)/C=C1/NC(=O)C(=C1C)[C@@H](OC)CC[C@H](OC)C1=C(C)C(=NC1=O)/C=c1\[nH]/c(c(CCC(=O)OC)c1C)=C\2. The number of rotatable bonds is 8. The first-order chi connectivity index (χ1) is 23.4. The first kappa shape index (κ1) is 35.5. The van der Waals surface area contributed by atoms with Gasteiger partial charge in [-0.05, 0) is 105 Å². The molecule has 0 aromatic carbocycles. The number of aromatic amines is 2. The number of amides is 2. The molecule has 0 unspecified atom stereocenters. The second kappa shape index (κ2) is 14.8. The number of hydrogen-bond acceptors (Lipinski definition) is 8. The molecule has 5 rings (SSSR count). The van der Waals surface area contributed by atoms with Gasteiger partial charge in [-0.1, -0.05) is 0 Å². The molecule has 5 heterocycles. The van der Waals surface area contributed by atoms with Crippen molar-refractivity contribution >= 4 is 47.7 Å². The maximum Gasteiger partial charge on any atom is 0.305 e. The summed E-state index contributed by atoms with van der Waals surface area (Å²) >= 11 is 0. The highest BCUT2D eigenvalue weighted by molar-refractivity contribution is 6.31. The number of aromatic nitrogens is 2. The van der Waals surface area contributed by atoms with E-state index in [1.807, 2.05) is 45.9 Å². The molecule has 8 bridgehead atoms. The van der Waals surface area contributed by atoms with Crippen molar-refractivity contribution in [1.29, 1.82) is 0 Å². The van der Waals surface area contributed by atoms with Crippen molar-refractivity contribution in [3.63, 3.8) is 0 Å². The Labute approximate surface area is 285 Å². The van der Waals surface area contributed by atoms with E-state index in [9.17, 15) is 19.2 Å². The van der Waals surface area contributed by atoms with Crippen LogP contribution in [0.5, 0.6) is 0 Å². The van der Waals surface area contributed by atoms with E-state index in [-0.39, 0.29) is 36.6 Å². The van der Waals surface area contributed by atoms with Gasteiger partial charge in [-0.3, -0.25) is 19.2 Å². The number of hydrogen-bond donors (Lipinski definition) is 3. The van der Waals surface area contributed by atoms with Gasteiger partial charge in [0.15, 0.2) is 0 Å². The van der Waals surface area contributed by atoms with Crippen LogP contribution in [0.1, 0.15) is 73.2 Å². The molecule has 2 amide bonds. The molecule has 0 saturated heterocycles. The largest absolute Gasteiger partial charge is 0.469 e. The molecule has 3 aliphatic rings. The topological polar surface area (TPSA) is 161 Å². The van der Waals surface area contributed by atoms with Gasteiger partial charge in [-0.15, -0.1) is 0 Å². The molecule has 0 radical (unpaired) electrons. The lowest BCUT2D eigenvalue weighted by Crippen LogP contribution is -2.27. The molecule has 2 atom stereocenters. The highest BCUT2D eigenvalue weighted by Gasteiger charge is 2.34. The summed E-state index contributed by atoms with van der Waals surface area (Å²) in [7, 11) is 5.85. The van der Waals surface area contributed by atoms with Crippen LogP contribution < -0.4 is 16.0 Å². The number of nitrogens with zero attached hydrogens (tertiary/aromatic N) is 1. The van der Waals surface area contributed by atoms with Crippen LogP contribution >= 0.6 is 0 Å². The summed E-state index contributed by atoms with van der Waals surface area (Å²) < 4.78 is 21.5. The zero-order valence-electron chi connectivity index (χ0n) is 29.3. The highest BCUT2D eigenvalue weighted by atomic mass is 16.5. The molecule has 12 nitrogen and oxygen atoms in total. The number of ether oxygens (including phenoxy) is 4. The Morgan fingerprint density at radius 1 is 0.735 bits per heavy atom. The van der Waals surface area contributed by atoms with Crippen molar-refractivity contribution in [2.75, 3.05) is 28.4 Å². The van der Waals surface area contributed by atoms with Crippen molar-refractivity contribution in [3.8, 4) is 0 Å². The lowest BCUT2D eigenvalue weighted by atomic mass is 9.94. The van der Waals surface area contributed by atoms with Crippen LogP contribution in [0.4, 0.5) is 0 Å². The van der Waals surface area contributed by atoms with Gasteiger partial charge in [0, 0.05) is 54.8 Å². The van der Waals surface area contributed by atoms with E-state index in [2.05, 4.69) is 20.3 Å². The summed E-state index contributed by atoms with van der Waals surface area (Å²) in [6.45, 7) is 7.66. The lowest BCUT2D eigenvalue weighted by molar-refractivity contribution is -0.141. The summed E-state index contributed by atoms with van der Waals surface area (Å²) in [4.78, 5) is 62.6. The predicted octanol–water partition coefficient (Wildman–Crippen LogP) is 2.69. The number of H-pyrrole nitrogens is 2. The summed E-state index contributed by atoms with van der Waals surface area (Å²) in [6, 6.07) is 0. The Morgan fingerprint density at radius 3 is 1.96 bits per heavy atom. The molecule has 3 aliphatic heterocycles. The first-order valence-corrected chi connectivity index (χ1v) is 16.3. The number of methoxy groups -OCH3 is 4. The van der Waals surface area contributed by atoms with Crippen LogP contribution in [0.25, 0.3) is 18.2 Å². The summed E-state index contributed by atoms with van der Waals surface area (Å²) in [5.41, 5.74) is 8.73. The number of carbonyl (C=O) groups is 4. The van der Waals surface area contributed by atoms with Gasteiger partial charge >= 0.3 is 11.9 Å². The average molecular weight is 673 g/mol. The Morgan fingerprint density at radius 2 is 1.35 bits per heavy atom. The van der Waals surface area contributed by atoms with Gasteiger partial charge in [0.25, 0.3) is 11.8 Å². The summed E-state index contributed by atoms with van der Waals surface area (Å²) in [5.74, 6) is -1.29. The van der Waals surface area contributed by atoms with E-state index in [1.54, 1.807) is 14.2 Å². The third kappa shape index (κ3) is 7.02. The number of nitrogens with one attached hydrogen (secondary N) is 3. The van der Waals surface area contributed by atoms with Crippen molar-refractivity contribution in [2.24, 2.45) is 4.99 Å². The zero-order valence-corrected chi connectivity index (χ0v) is 29.3. The van der Waals surface area contributed by atoms with Crippen LogP contribution in [-0.2, 0) is 51.0 Å². The molecular weight excluding hydrogens is 628 g/mol. The predicted molar refractivity (Wildman–Crippen MR) is 184 cm³/mol. The molecule has 0 fully saturated rings. The molecule has 260 valence electrons. The van der Waals surface area contributed by atoms with Crippen molar-refractivity contribution in [2.45, 2.75) is 78.4 Å². The normalized spacial score (nSPS) is 21.8. The molecule has 49 heavy (non-hydrogen) atoms. The minimum absolute atomic E-state index is 0.167. The second-order valence-corrected chi connectivity index (χ2v) is 12.5. The fourth-order valence-corrected chi connectivity index (χ4v) is 6.89. The molecule has 0 spiro atoms. The molecule has 3 N–H and O–H groups in total. The van der Waals surface area contributed by atoms with Crippen molar-refractivity contribution in [3.05, 3.63) is 72.3 Å². The maximum atomic E-state index is 13.4. The number of aliphatic imine (C=N–C) groups is 1. The standard InChI is InChI=1S/C37H44N4O8/c1-18-22(9-13-32(42)48-7)28-17-29-23(10-14-33(43)49-8)19(2)25(39-29)16-27-21(4)35(37(45)41-27)31(47-6)12-11-30(46-5)34-20(3)26(40-36(34)44)15-24(18)38-28/h15-17,30-31,38-39H,9-14H2,1-8H3,(H,40,44)/b25-16-,26-15+,29-17-/t30-,31-/m0/s1. The third-order valence-corrected chi connectivity index (χ3v) is 9.82. The van der Waals surface area contributed by atoms with Crippen LogP contribution in [0.15, 0.2) is 33.0 Å². The van der Waals surface area contributed by atoms with Crippen LogP contribution in [0, 0.1) is 13.8 Å². The van der Waals surface area contributed by atoms with Gasteiger partial charge in [0.1, 0.15) is 0 Å². The second-order valence-electron chi connectivity index (χ2n) is 12.5. The molecule has 0 saturated carbocycles. The molecule has 12 heteroatoms. The zero-order chi connectivity index (χ0) is 35.6.